The van der Waals surface area contributed by atoms with Crippen molar-refractivity contribution in [2.45, 2.75) is 39.2 Å². The molecule has 0 saturated carbocycles. The zero-order chi connectivity index (χ0) is 21.8. The van der Waals surface area contributed by atoms with E-state index >= 15 is 0 Å². The molecule has 0 unspecified atom stereocenters. The standard InChI is InChI=1S/C26H30N4O/c1-4-21(19-12-8-6-9-13-19)26(31)30-17-16-23-22(18-30)25(29(3)5-2)28-24(27-23)20-14-10-7-11-15-20/h6-15,21H,4-5,16-18H2,1-3H3/t21-/m1/s1. The Morgan fingerprint density at radius 1 is 1.03 bits per heavy atom. The van der Waals surface area contributed by atoms with E-state index in [0.717, 1.165) is 53.4 Å². The topological polar surface area (TPSA) is 49.3 Å². The van der Waals surface area contributed by atoms with Gasteiger partial charge in [-0.3, -0.25) is 4.79 Å². The van der Waals surface area contributed by atoms with Gasteiger partial charge < -0.3 is 9.80 Å². The van der Waals surface area contributed by atoms with Gasteiger partial charge in [-0.2, -0.15) is 0 Å². The third-order valence-electron chi connectivity index (χ3n) is 6.13. The molecule has 160 valence electrons. The van der Waals surface area contributed by atoms with Crippen molar-refractivity contribution >= 4 is 11.7 Å². The van der Waals surface area contributed by atoms with Crippen molar-refractivity contribution in [3.63, 3.8) is 0 Å². The van der Waals surface area contributed by atoms with E-state index in [2.05, 4.69) is 37.9 Å². The quantitative estimate of drug-likeness (QED) is 0.588. The van der Waals surface area contributed by atoms with E-state index in [0.29, 0.717) is 13.1 Å². The average Bonchev–Trinajstić information content (AvgIpc) is 2.84. The summed E-state index contributed by atoms with van der Waals surface area (Å²) in [6.45, 7) is 6.29. The Kier molecular flexibility index (Phi) is 6.31. The molecule has 2 aromatic carbocycles. The Hall–Kier alpha value is -3.21. The van der Waals surface area contributed by atoms with E-state index in [1.54, 1.807) is 0 Å². The van der Waals surface area contributed by atoms with E-state index in [1.807, 2.05) is 53.4 Å². The third-order valence-corrected chi connectivity index (χ3v) is 6.13. The van der Waals surface area contributed by atoms with E-state index < -0.39 is 0 Å². The minimum Gasteiger partial charge on any atom is -0.360 e. The van der Waals surface area contributed by atoms with Crippen molar-refractivity contribution in [2.75, 3.05) is 25.0 Å². The van der Waals surface area contributed by atoms with Crippen LogP contribution in [0.3, 0.4) is 0 Å². The molecule has 0 N–H and O–H groups in total. The maximum absolute atomic E-state index is 13.5. The van der Waals surface area contributed by atoms with Gasteiger partial charge >= 0.3 is 0 Å². The van der Waals surface area contributed by atoms with Crippen molar-refractivity contribution < 1.29 is 4.79 Å². The van der Waals surface area contributed by atoms with Crippen molar-refractivity contribution in [2.24, 2.45) is 0 Å². The summed E-state index contributed by atoms with van der Waals surface area (Å²) in [7, 11) is 2.05. The van der Waals surface area contributed by atoms with Crippen LogP contribution in [0.1, 0.15) is 43.0 Å². The van der Waals surface area contributed by atoms with Crippen LogP contribution in [0.2, 0.25) is 0 Å². The van der Waals surface area contributed by atoms with Crippen LogP contribution >= 0.6 is 0 Å². The molecule has 5 nitrogen and oxygen atoms in total. The zero-order valence-electron chi connectivity index (χ0n) is 18.6. The van der Waals surface area contributed by atoms with Gasteiger partial charge in [0, 0.05) is 37.7 Å². The number of amides is 1. The van der Waals surface area contributed by atoms with Crippen LogP contribution in [0.4, 0.5) is 5.82 Å². The van der Waals surface area contributed by atoms with Gasteiger partial charge in [-0.15, -0.1) is 0 Å². The number of rotatable bonds is 6. The van der Waals surface area contributed by atoms with Gasteiger partial charge in [0.15, 0.2) is 5.82 Å². The zero-order valence-corrected chi connectivity index (χ0v) is 18.6. The minimum atomic E-state index is -0.111. The number of benzene rings is 2. The van der Waals surface area contributed by atoms with Gasteiger partial charge in [-0.1, -0.05) is 67.6 Å². The molecular formula is C26H30N4O. The van der Waals surface area contributed by atoms with Crippen LogP contribution in [-0.2, 0) is 17.8 Å². The lowest BCUT2D eigenvalue weighted by Crippen LogP contribution is -2.40. The van der Waals surface area contributed by atoms with Gasteiger partial charge in [0.1, 0.15) is 5.82 Å². The molecule has 0 aliphatic carbocycles. The summed E-state index contributed by atoms with van der Waals surface area (Å²) >= 11 is 0. The molecule has 0 spiro atoms. The molecule has 0 fully saturated rings. The Bertz CT molecular complexity index is 1040. The fraction of sp³-hybridized carbons (Fsp3) is 0.346. The smallest absolute Gasteiger partial charge is 0.230 e. The van der Waals surface area contributed by atoms with E-state index in [4.69, 9.17) is 9.97 Å². The predicted molar refractivity (Wildman–Crippen MR) is 125 cm³/mol. The number of fused-ring (bicyclic) bond motifs is 1. The number of aromatic nitrogens is 2. The lowest BCUT2D eigenvalue weighted by Gasteiger charge is -2.33. The van der Waals surface area contributed by atoms with Crippen molar-refractivity contribution in [1.29, 1.82) is 0 Å². The molecular weight excluding hydrogens is 384 g/mol. The van der Waals surface area contributed by atoms with Gasteiger partial charge in [0.25, 0.3) is 0 Å². The molecule has 0 radical (unpaired) electrons. The van der Waals surface area contributed by atoms with E-state index in [9.17, 15) is 4.79 Å². The summed E-state index contributed by atoms with van der Waals surface area (Å²) < 4.78 is 0. The van der Waals surface area contributed by atoms with E-state index in [-0.39, 0.29) is 11.8 Å². The Labute approximate surface area is 184 Å². The van der Waals surface area contributed by atoms with Crippen molar-refractivity contribution in [1.82, 2.24) is 14.9 Å². The molecule has 1 aliphatic rings. The Morgan fingerprint density at radius 2 is 1.71 bits per heavy atom. The molecule has 1 amide bonds. The van der Waals surface area contributed by atoms with Crippen LogP contribution in [0, 0.1) is 0 Å². The van der Waals surface area contributed by atoms with Gasteiger partial charge in [0.05, 0.1) is 18.2 Å². The summed E-state index contributed by atoms with van der Waals surface area (Å²) in [6, 6.07) is 20.2. The van der Waals surface area contributed by atoms with Gasteiger partial charge in [-0.25, -0.2) is 9.97 Å². The summed E-state index contributed by atoms with van der Waals surface area (Å²) in [4.78, 5) is 27.4. The average molecular weight is 415 g/mol. The maximum Gasteiger partial charge on any atom is 0.230 e. The lowest BCUT2D eigenvalue weighted by molar-refractivity contribution is -0.133. The van der Waals surface area contributed by atoms with Crippen LogP contribution in [0.15, 0.2) is 60.7 Å². The number of nitrogens with zero attached hydrogens (tertiary/aromatic N) is 4. The predicted octanol–water partition coefficient (Wildman–Crippen LogP) is 4.68. The normalized spacial score (nSPS) is 14.1. The largest absolute Gasteiger partial charge is 0.360 e. The SMILES string of the molecule is CC[C@@H](C(=O)N1CCc2nc(-c3ccccc3)nc(N(C)CC)c2C1)c1ccccc1. The van der Waals surface area contributed by atoms with E-state index in [1.165, 1.54) is 0 Å². The molecule has 3 aromatic rings. The fourth-order valence-corrected chi connectivity index (χ4v) is 4.23. The number of hydrogen-bond donors (Lipinski definition) is 0. The molecule has 0 saturated heterocycles. The first kappa shape index (κ1) is 21.0. The van der Waals surface area contributed by atoms with Crippen LogP contribution < -0.4 is 4.90 Å². The number of hydrogen-bond acceptors (Lipinski definition) is 4. The first-order valence-corrected chi connectivity index (χ1v) is 11.1. The molecule has 2 heterocycles. The first-order chi connectivity index (χ1) is 15.1. The Morgan fingerprint density at radius 3 is 2.35 bits per heavy atom. The molecule has 0 bridgehead atoms. The molecule has 4 rings (SSSR count). The first-order valence-electron chi connectivity index (χ1n) is 11.1. The minimum absolute atomic E-state index is 0.111. The highest BCUT2D eigenvalue weighted by Crippen LogP contribution is 2.31. The highest BCUT2D eigenvalue weighted by atomic mass is 16.2. The Balaban J connectivity index is 1.67. The molecule has 1 aromatic heterocycles. The fourth-order valence-electron chi connectivity index (χ4n) is 4.23. The number of carbonyl (C=O) groups excluding carboxylic acids is 1. The van der Waals surface area contributed by atoms with Gasteiger partial charge in [0.2, 0.25) is 5.91 Å². The highest BCUT2D eigenvalue weighted by molar-refractivity contribution is 5.84. The number of anilines is 1. The van der Waals surface area contributed by atoms with Gasteiger partial charge in [-0.05, 0) is 18.9 Å². The van der Waals surface area contributed by atoms with Crippen molar-refractivity contribution in [3.05, 3.63) is 77.5 Å². The number of carbonyl (C=O) groups is 1. The second-order valence-corrected chi connectivity index (χ2v) is 8.06. The molecule has 5 heteroatoms. The monoisotopic (exact) mass is 414 g/mol. The van der Waals surface area contributed by atoms with Crippen molar-refractivity contribution in [3.8, 4) is 11.4 Å². The summed E-state index contributed by atoms with van der Waals surface area (Å²) in [5.74, 6) is 1.76. The van der Waals surface area contributed by atoms with Crippen LogP contribution in [0.25, 0.3) is 11.4 Å². The summed E-state index contributed by atoms with van der Waals surface area (Å²) in [6.07, 6.45) is 1.54. The lowest BCUT2D eigenvalue weighted by atomic mass is 9.93. The molecule has 31 heavy (non-hydrogen) atoms. The van der Waals surface area contributed by atoms with Crippen LogP contribution in [-0.4, -0.2) is 40.9 Å². The molecule has 1 aliphatic heterocycles. The summed E-state index contributed by atoms with van der Waals surface area (Å²) in [5, 5.41) is 0. The maximum atomic E-state index is 13.5. The third kappa shape index (κ3) is 4.31. The highest BCUT2D eigenvalue weighted by Gasteiger charge is 2.30. The molecule has 1 atom stereocenters. The second kappa shape index (κ2) is 9.29. The summed E-state index contributed by atoms with van der Waals surface area (Å²) in [5.41, 5.74) is 4.24. The van der Waals surface area contributed by atoms with Crippen LogP contribution in [0.5, 0.6) is 0 Å². The second-order valence-electron chi connectivity index (χ2n) is 8.06.